The van der Waals surface area contributed by atoms with Crippen LogP contribution in [0.3, 0.4) is 0 Å². The maximum absolute atomic E-state index is 11.7. The van der Waals surface area contributed by atoms with Gasteiger partial charge in [-0.2, -0.15) is 0 Å². The first-order chi connectivity index (χ1) is 6.54. The van der Waals surface area contributed by atoms with Crippen molar-refractivity contribution >= 4 is 20.3 Å². The van der Waals surface area contributed by atoms with Crippen LogP contribution in [0.2, 0.25) is 5.15 Å². The SMILES string of the molecule is CCn1c(=O)c(C)c(Cl)n(PC)c1=O. The molecule has 6 heteroatoms. The lowest BCUT2D eigenvalue weighted by molar-refractivity contribution is 0.656. The van der Waals surface area contributed by atoms with Crippen molar-refractivity contribution < 1.29 is 0 Å². The fraction of sp³-hybridized carbons (Fsp3) is 0.500. The first-order valence-electron chi connectivity index (χ1n) is 4.24. The van der Waals surface area contributed by atoms with Crippen LogP contribution in [-0.2, 0) is 6.54 Å². The van der Waals surface area contributed by atoms with E-state index >= 15 is 0 Å². The highest BCUT2D eigenvalue weighted by Gasteiger charge is 2.12. The zero-order chi connectivity index (χ0) is 10.9. The molecule has 1 rings (SSSR count). The molecule has 0 fully saturated rings. The van der Waals surface area contributed by atoms with Crippen molar-refractivity contribution in [3.63, 3.8) is 0 Å². The molecular weight excluding hydrogens is 223 g/mol. The predicted octanol–water partition coefficient (Wildman–Crippen LogP) is 1.06. The Bertz CT molecular complexity index is 464. The Labute approximate surface area is 88.3 Å². The van der Waals surface area contributed by atoms with Crippen molar-refractivity contribution in [1.82, 2.24) is 8.90 Å². The topological polar surface area (TPSA) is 44.0 Å². The third-order valence-electron chi connectivity index (χ3n) is 2.03. The van der Waals surface area contributed by atoms with Crippen molar-refractivity contribution in [2.75, 3.05) is 6.66 Å². The number of hydrogen-bond acceptors (Lipinski definition) is 2. The van der Waals surface area contributed by atoms with Gasteiger partial charge in [-0.15, -0.1) is 0 Å². The molecule has 0 radical (unpaired) electrons. The molecule has 0 N–H and O–H groups in total. The number of nitrogens with zero attached hydrogens (tertiary/aromatic N) is 2. The van der Waals surface area contributed by atoms with Crippen molar-refractivity contribution in [2.24, 2.45) is 0 Å². The molecule has 0 aromatic carbocycles. The fourth-order valence-electron chi connectivity index (χ4n) is 1.22. The Morgan fingerprint density at radius 1 is 1.43 bits per heavy atom. The number of halogens is 1. The summed E-state index contributed by atoms with van der Waals surface area (Å²) in [5.74, 6) is 0. The molecule has 0 aliphatic carbocycles. The predicted molar refractivity (Wildman–Crippen MR) is 60.0 cm³/mol. The molecular formula is C8H12ClN2O2P. The van der Waals surface area contributed by atoms with E-state index in [4.69, 9.17) is 11.6 Å². The summed E-state index contributed by atoms with van der Waals surface area (Å²) in [7, 11) is 0.232. The van der Waals surface area contributed by atoms with Gasteiger partial charge in [0, 0.05) is 6.54 Å². The molecule has 14 heavy (non-hydrogen) atoms. The van der Waals surface area contributed by atoms with Gasteiger partial charge in [0.1, 0.15) is 5.15 Å². The maximum atomic E-state index is 11.7. The van der Waals surface area contributed by atoms with Gasteiger partial charge in [0.15, 0.2) is 0 Å². The molecule has 4 nitrogen and oxygen atoms in total. The Morgan fingerprint density at radius 2 is 2.00 bits per heavy atom. The lowest BCUT2D eigenvalue weighted by Crippen LogP contribution is -2.39. The number of hydrogen-bond donors (Lipinski definition) is 0. The zero-order valence-electron chi connectivity index (χ0n) is 8.30. The molecule has 0 aliphatic rings. The summed E-state index contributed by atoms with van der Waals surface area (Å²) in [6.07, 6.45) is 0. The van der Waals surface area contributed by atoms with Crippen molar-refractivity contribution in [2.45, 2.75) is 20.4 Å². The summed E-state index contributed by atoms with van der Waals surface area (Å²) in [6.45, 7) is 5.61. The van der Waals surface area contributed by atoms with Gasteiger partial charge in [0.05, 0.1) is 5.56 Å². The van der Waals surface area contributed by atoms with E-state index in [2.05, 4.69) is 0 Å². The first kappa shape index (κ1) is 11.5. The second kappa shape index (κ2) is 4.28. The molecule has 0 saturated carbocycles. The highest BCUT2D eigenvalue weighted by atomic mass is 35.5. The van der Waals surface area contributed by atoms with Crippen molar-refractivity contribution in [1.29, 1.82) is 0 Å². The lowest BCUT2D eigenvalue weighted by atomic mass is 10.4. The van der Waals surface area contributed by atoms with E-state index in [0.29, 0.717) is 12.1 Å². The molecule has 1 heterocycles. The molecule has 1 unspecified atom stereocenters. The van der Waals surface area contributed by atoms with Crippen LogP contribution in [0.15, 0.2) is 9.59 Å². The Morgan fingerprint density at radius 3 is 2.43 bits per heavy atom. The quantitative estimate of drug-likeness (QED) is 0.567. The smallest absolute Gasteiger partial charge is 0.269 e. The highest BCUT2D eigenvalue weighted by molar-refractivity contribution is 7.35. The van der Waals surface area contributed by atoms with Crippen LogP contribution in [0, 0.1) is 6.92 Å². The summed E-state index contributed by atoms with van der Waals surface area (Å²) in [6, 6.07) is 0. The van der Waals surface area contributed by atoms with Gasteiger partial charge in [-0.05, 0) is 29.2 Å². The molecule has 1 atom stereocenters. The zero-order valence-corrected chi connectivity index (χ0v) is 10.1. The molecule has 0 amide bonds. The molecule has 0 saturated heterocycles. The van der Waals surface area contributed by atoms with E-state index in [1.165, 1.54) is 8.90 Å². The van der Waals surface area contributed by atoms with E-state index in [-0.39, 0.29) is 25.1 Å². The monoisotopic (exact) mass is 234 g/mol. The molecule has 0 spiro atoms. The van der Waals surface area contributed by atoms with Crippen LogP contribution >= 0.6 is 20.3 Å². The van der Waals surface area contributed by atoms with E-state index in [0.717, 1.165) is 0 Å². The van der Waals surface area contributed by atoms with Gasteiger partial charge in [-0.3, -0.25) is 13.7 Å². The van der Waals surface area contributed by atoms with Gasteiger partial charge in [-0.1, -0.05) is 11.6 Å². The second-order valence-corrected chi connectivity index (χ2v) is 4.06. The highest BCUT2D eigenvalue weighted by Crippen LogP contribution is 2.16. The minimum absolute atomic E-state index is 0.232. The van der Waals surface area contributed by atoms with Crippen LogP contribution in [0.25, 0.3) is 0 Å². The first-order valence-corrected chi connectivity index (χ1v) is 6.06. The van der Waals surface area contributed by atoms with Crippen LogP contribution in [-0.4, -0.2) is 15.6 Å². The summed E-state index contributed by atoms with van der Waals surface area (Å²) in [5.41, 5.74) is -0.187. The summed E-state index contributed by atoms with van der Waals surface area (Å²) < 4.78 is 2.61. The van der Waals surface area contributed by atoms with Gasteiger partial charge in [0.2, 0.25) is 0 Å². The van der Waals surface area contributed by atoms with Gasteiger partial charge >= 0.3 is 5.69 Å². The molecule has 0 bridgehead atoms. The average molecular weight is 235 g/mol. The molecule has 1 aromatic rings. The van der Waals surface area contributed by atoms with Crippen molar-refractivity contribution in [3.05, 3.63) is 31.6 Å². The third-order valence-corrected chi connectivity index (χ3v) is 3.49. The molecule has 78 valence electrons. The van der Waals surface area contributed by atoms with Crippen LogP contribution in [0.1, 0.15) is 12.5 Å². The third kappa shape index (κ3) is 1.64. The van der Waals surface area contributed by atoms with Gasteiger partial charge in [0.25, 0.3) is 5.56 Å². The van der Waals surface area contributed by atoms with Gasteiger partial charge < -0.3 is 0 Å². The Kier molecular flexibility index (Phi) is 3.51. The van der Waals surface area contributed by atoms with E-state index in [9.17, 15) is 9.59 Å². The second-order valence-electron chi connectivity index (χ2n) is 2.81. The standard InChI is InChI=1S/C8H12ClN2O2P/c1-4-10-7(12)5(2)6(9)11(14-3)8(10)13/h14H,4H2,1-3H3. The number of rotatable bonds is 2. The average Bonchev–Trinajstić information content (AvgIpc) is 2.16. The lowest BCUT2D eigenvalue weighted by Gasteiger charge is -2.10. The van der Waals surface area contributed by atoms with Gasteiger partial charge in [-0.25, -0.2) is 4.79 Å². The van der Waals surface area contributed by atoms with Crippen LogP contribution in [0.4, 0.5) is 0 Å². The number of aromatic nitrogens is 2. The Hall–Kier alpha value is -0.600. The molecule has 1 aromatic heterocycles. The summed E-state index contributed by atoms with van der Waals surface area (Å²) in [4.78, 5) is 23.3. The Balaban J connectivity index is 3.74. The van der Waals surface area contributed by atoms with E-state index < -0.39 is 0 Å². The summed E-state index contributed by atoms with van der Waals surface area (Å²) in [5, 5.41) is 0.255. The molecule has 0 aliphatic heterocycles. The fourth-order valence-corrected chi connectivity index (χ4v) is 2.31. The largest absolute Gasteiger partial charge is 0.335 e. The normalized spacial score (nSPS) is 11.4. The van der Waals surface area contributed by atoms with Crippen LogP contribution < -0.4 is 11.2 Å². The maximum Gasteiger partial charge on any atom is 0.335 e. The van der Waals surface area contributed by atoms with Crippen molar-refractivity contribution in [3.8, 4) is 0 Å². The minimum atomic E-state index is -0.325. The van der Waals surface area contributed by atoms with Crippen LogP contribution in [0.5, 0.6) is 0 Å². The summed E-state index contributed by atoms with van der Waals surface area (Å²) >= 11 is 5.89. The minimum Gasteiger partial charge on any atom is -0.269 e. The van der Waals surface area contributed by atoms with E-state index in [1.54, 1.807) is 13.8 Å². The van der Waals surface area contributed by atoms with E-state index in [1.807, 2.05) is 6.66 Å².